The lowest BCUT2D eigenvalue weighted by molar-refractivity contribution is -0.116. The van der Waals surface area contributed by atoms with Crippen LogP contribution in [0.2, 0.25) is 0 Å². The smallest absolute Gasteiger partial charge is 0.273 e. The van der Waals surface area contributed by atoms with Gasteiger partial charge in [-0.05, 0) is 36.4 Å². The van der Waals surface area contributed by atoms with Crippen molar-refractivity contribution in [1.82, 2.24) is 9.88 Å². The number of nitrogens with one attached hydrogen (secondary N) is 1. The number of nitrogens with zero attached hydrogens (tertiary/aromatic N) is 3. The molecule has 1 aliphatic rings. The maximum atomic E-state index is 14.0. The lowest BCUT2D eigenvalue weighted by Gasteiger charge is -2.28. The van der Waals surface area contributed by atoms with Crippen LogP contribution in [0, 0.1) is 5.82 Å². The maximum Gasteiger partial charge on any atom is 0.273 e. The fourth-order valence-electron chi connectivity index (χ4n) is 3.39. The van der Waals surface area contributed by atoms with E-state index in [1.165, 1.54) is 29.4 Å². The number of anilines is 2. The third-order valence-electron chi connectivity index (χ3n) is 5.08. The van der Waals surface area contributed by atoms with E-state index in [-0.39, 0.29) is 18.1 Å². The Kier molecular flexibility index (Phi) is 6.77. The Balaban J connectivity index is 1.33. The first-order valence-electron chi connectivity index (χ1n) is 10.2. The lowest BCUT2D eigenvalue weighted by Crippen LogP contribution is -2.36. The van der Waals surface area contributed by atoms with Crippen LogP contribution < -0.4 is 10.2 Å². The van der Waals surface area contributed by atoms with Crippen molar-refractivity contribution >= 4 is 34.5 Å². The fourth-order valence-corrected chi connectivity index (χ4v) is 4.21. The number of thiazole rings is 1. The molecule has 0 saturated carbocycles. The Morgan fingerprint density at radius 1 is 1.16 bits per heavy atom. The van der Waals surface area contributed by atoms with Gasteiger partial charge < -0.3 is 19.9 Å². The van der Waals surface area contributed by atoms with Crippen LogP contribution in [0.3, 0.4) is 0 Å². The summed E-state index contributed by atoms with van der Waals surface area (Å²) in [5, 5.41) is 4.80. The molecule has 0 atom stereocenters. The number of amides is 2. The Hall–Kier alpha value is -3.30. The van der Waals surface area contributed by atoms with Crippen molar-refractivity contribution in [3.63, 3.8) is 0 Å². The Bertz CT molecular complexity index is 1100. The highest BCUT2D eigenvalue weighted by Crippen LogP contribution is 2.26. The van der Waals surface area contributed by atoms with E-state index in [4.69, 9.17) is 4.74 Å². The highest BCUT2D eigenvalue weighted by molar-refractivity contribution is 7.13. The molecule has 1 aliphatic heterocycles. The van der Waals surface area contributed by atoms with Crippen molar-refractivity contribution < 1.29 is 18.7 Å². The standard InChI is InChI=1S/C23H23FN4O3S/c1-27(23(30)20-15-32-22(26-20)18-4-2-3-5-19(18)24)14-21(29)25-16-6-8-17(9-7-16)28-10-12-31-13-11-28/h2-9,15H,10-14H2,1H3,(H,25,29). The van der Waals surface area contributed by atoms with Crippen LogP contribution in [0.4, 0.5) is 15.8 Å². The summed E-state index contributed by atoms with van der Waals surface area (Å²) in [4.78, 5) is 32.8. The van der Waals surface area contributed by atoms with Crippen LogP contribution in [0.5, 0.6) is 0 Å². The van der Waals surface area contributed by atoms with Gasteiger partial charge in [0, 0.05) is 42.5 Å². The molecule has 0 aliphatic carbocycles. The molecule has 0 bridgehead atoms. The highest BCUT2D eigenvalue weighted by Gasteiger charge is 2.19. The second kappa shape index (κ2) is 9.88. The van der Waals surface area contributed by atoms with Crippen molar-refractivity contribution in [2.45, 2.75) is 0 Å². The largest absolute Gasteiger partial charge is 0.378 e. The molecule has 2 heterocycles. The number of ether oxygens (including phenoxy) is 1. The zero-order valence-electron chi connectivity index (χ0n) is 17.6. The van der Waals surface area contributed by atoms with Crippen molar-refractivity contribution in [2.75, 3.05) is 50.1 Å². The molecule has 4 rings (SSSR count). The normalized spacial score (nSPS) is 13.6. The summed E-state index contributed by atoms with van der Waals surface area (Å²) in [5.41, 5.74) is 2.26. The molecule has 1 saturated heterocycles. The second-order valence-corrected chi connectivity index (χ2v) is 8.23. The Morgan fingerprint density at radius 2 is 1.88 bits per heavy atom. The minimum absolute atomic E-state index is 0.128. The Labute approximate surface area is 189 Å². The number of carbonyl (C=O) groups excluding carboxylic acids is 2. The van der Waals surface area contributed by atoms with Crippen LogP contribution in [0.25, 0.3) is 10.6 Å². The third kappa shape index (κ3) is 5.12. The average molecular weight is 455 g/mol. The number of hydrogen-bond acceptors (Lipinski definition) is 6. The molecule has 2 amide bonds. The van der Waals surface area contributed by atoms with E-state index >= 15 is 0 Å². The summed E-state index contributed by atoms with van der Waals surface area (Å²) in [6.07, 6.45) is 0. The number of aromatic nitrogens is 1. The van der Waals surface area contributed by atoms with E-state index < -0.39 is 11.7 Å². The average Bonchev–Trinajstić information content (AvgIpc) is 3.30. The molecule has 9 heteroatoms. The highest BCUT2D eigenvalue weighted by atomic mass is 32.1. The zero-order valence-corrected chi connectivity index (χ0v) is 18.4. The predicted molar refractivity (Wildman–Crippen MR) is 123 cm³/mol. The predicted octanol–water partition coefficient (Wildman–Crippen LogP) is 3.50. The van der Waals surface area contributed by atoms with Gasteiger partial charge in [0.2, 0.25) is 5.91 Å². The lowest BCUT2D eigenvalue weighted by atomic mass is 10.2. The van der Waals surface area contributed by atoms with Gasteiger partial charge in [-0.1, -0.05) is 12.1 Å². The van der Waals surface area contributed by atoms with Crippen LogP contribution >= 0.6 is 11.3 Å². The summed E-state index contributed by atoms with van der Waals surface area (Å²) in [5.74, 6) is -1.11. The molecule has 0 spiro atoms. The first-order valence-corrected chi connectivity index (χ1v) is 11.1. The zero-order chi connectivity index (χ0) is 22.5. The van der Waals surface area contributed by atoms with Crippen LogP contribution in [0.1, 0.15) is 10.5 Å². The van der Waals surface area contributed by atoms with Crippen LogP contribution in [-0.4, -0.2) is 61.6 Å². The number of hydrogen-bond donors (Lipinski definition) is 1. The van der Waals surface area contributed by atoms with Crippen LogP contribution in [-0.2, 0) is 9.53 Å². The van der Waals surface area contributed by atoms with E-state index in [2.05, 4.69) is 15.2 Å². The minimum atomic E-state index is -0.401. The summed E-state index contributed by atoms with van der Waals surface area (Å²) in [7, 11) is 1.53. The second-order valence-electron chi connectivity index (χ2n) is 7.37. The molecule has 166 valence electrons. The van der Waals surface area contributed by atoms with Crippen molar-refractivity contribution in [3.8, 4) is 10.6 Å². The molecule has 1 fully saturated rings. The van der Waals surface area contributed by atoms with Crippen molar-refractivity contribution in [1.29, 1.82) is 0 Å². The van der Waals surface area contributed by atoms with Gasteiger partial charge in [0.1, 0.15) is 16.5 Å². The molecule has 1 aromatic heterocycles. The van der Waals surface area contributed by atoms with Gasteiger partial charge in [-0.25, -0.2) is 9.37 Å². The molecule has 0 radical (unpaired) electrons. The van der Waals surface area contributed by atoms with Gasteiger partial charge in [0.25, 0.3) is 5.91 Å². The minimum Gasteiger partial charge on any atom is -0.378 e. The SMILES string of the molecule is CN(CC(=O)Nc1ccc(N2CCOCC2)cc1)C(=O)c1csc(-c2ccccc2F)n1. The van der Waals surface area contributed by atoms with Gasteiger partial charge in [-0.2, -0.15) is 0 Å². The molecule has 3 aromatic rings. The topological polar surface area (TPSA) is 74.8 Å². The van der Waals surface area contributed by atoms with Gasteiger partial charge in [-0.3, -0.25) is 9.59 Å². The first kappa shape index (κ1) is 21.9. The van der Waals surface area contributed by atoms with Gasteiger partial charge in [0.15, 0.2) is 0 Å². The third-order valence-corrected chi connectivity index (χ3v) is 5.96. The summed E-state index contributed by atoms with van der Waals surface area (Å²) in [6, 6.07) is 13.9. The van der Waals surface area contributed by atoms with Crippen LogP contribution in [0.15, 0.2) is 53.9 Å². The van der Waals surface area contributed by atoms with Crippen molar-refractivity contribution in [2.24, 2.45) is 0 Å². The first-order chi connectivity index (χ1) is 15.5. The van der Waals surface area contributed by atoms with E-state index in [0.29, 0.717) is 29.5 Å². The maximum absolute atomic E-state index is 14.0. The molecule has 2 aromatic carbocycles. The Morgan fingerprint density at radius 3 is 2.59 bits per heavy atom. The molecule has 7 nitrogen and oxygen atoms in total. The summed E-state index contributed by atoms with van der Waals surface area (Å²) < 4.78 is 19.3. The molecule has 1 N–H and O–H groups in total. The quantitative estimate of drug-likeness (QED) is 0.617. The molecular formula is C23H23FN4O3S. The molecule has 32 heavy (non-hydrogen) atoms. The fraction of sp³-hybridized carbons (Fsp3) is 0.261. The summed E-state index contributed by atoms with van der Waals surface area (Å²) in [6.45, 7) is 2.97. The van der Waals surface area contributed by atoms with E-state index in [1.807, 2.05) is 24.3 Å². The van der Waals surface area contributed by atoms with Gasteiger partial charge in [0.05, 0.1) is 19.8 Å². The summed E-state index contributed by atoms with van der Waals surface area (Å²) >= 11 is 1.19. The number of morpholine rings is 1. The van der Waals surface area contributed by atoms with Crippen molar-refractivity contribution in [3.05, 3.63) is 65.4 Å². The molecular weight excluding hydrogens is 431 g/mol. The van der Waals surface area contributed by atoms with E-state index in [0.717, 1.165) is 18.8 Å². The van der Waals surface area contributed by atoms with E-state index in [9.17, 15) is 14.0 Å². The van der Waals surface area contributed by atoms with Gasteiger partial charge >= 0.3 is 0 Å². The number of halogens is 1. The van der Waals surface area contributed by atoms with Gasteiger partial charge in [-0.15, -0.1) is 11.3 Å². The number of carbonyl (C=O) groups is 2. The molecule has 0 unspecified atom stereocenters. The number of rotatable bonds is 6. The number of likely N-dealkylation sites (N-methyl/N-ethyl adjacent to an activating group) is 1. The van der Waals surface area contributed by atoms with E-state index in [1.54, 1.807) is 23.6 Å². The number of benzene rings is 2. The monoisotopic (exact) mass is 454 g/mol.